The highest BCUT2D eigenvalue weighted by Crippen LogP contribution is 2.20. The van der Waals surface area contributed by atoms with E-state index < -0.39 is 11.7 Å². The minimum Gasteiger partial charge on any atom is -0.442 e. The van der Waals surface area contributed by atoms with E-state index in [1.807, 2.05) is 19.1 Å². The number of fused-ring (bicyclic) bond motifs is 1. The first-order valence-electron chi connectivity index (χ1n) is 6.00. The van der Waals surface area contributed by atoms with E-state index in [1.165, 1.54) is 0 Å². The van der Waals surface area contributed by atoms with E-state index in [1.54, 1.807) is 26.8 Å². The number of benzene rings is 1. The van der Waals surface area contributed by atoms with Crippen molar-refractivity contribution in [1.29, 1.82) is 0 Å². The number of nitrogens with zero attached hydrogens (tertiary/aromatic N) is 2. The normalized spacial score (nSPS) is 11.6. The molecule has 0 atom stereocenters. The minimum atomic E-state index is -0.610. The van der Waals surface area contributed by atoms with Crippen LogP contribution in [0.15, 0.2) is 18.2 Å². The predicted octanol–water partition coefficient (Wildman–Crippen LogP) is 2.94. The van der Waals surface area contributed by atoms with Crippen molar-refractivity contribution in [2.45, 2.75) is 33.3 Å². The number of aromatic nitrogens is 2. The number of rotatable bonds is 1. The Bertz CT molecular complexity index is 650. The molecular formula is C14H16N2O3. The molecule has 1 aromatic carbocycles. The lowest BCUT2D eigenvalue weighted by atomic mass is 10.1. The molecule has 0 amide bonds. The maximum atomic E-state index is 12.1. The van der Waals surface area contributed by atoms with Crippen LogP contribution in [0, 0.1) is 6.92 Å². The van der Waals surface area contributed by atoms with E-state index in [9.17, 15) is 9.59 Å². The molecule has 0 aliphatic rings. The number of carbonyl (C=O) groups is 2. The van der Waals surface area contributed by atoms with Crippen molar-refractivity contribution in [1.82, 2.24) is 9.78 Å². The molecule has 0 aliphatic heterocycles. The number of hydrogen-bond acceptors (Lipinski definition) is 4. The van der Waals surface area contributed by atoms with Crippen molar-refractivity contribution in [3.05, 3.63) is 29.5 Å². The second-order valence-corrected chi connectivity index (χ2v) is 5.42. The molecule has 1 heterocycles. The van der Waals surface area contributed by atoms with Gasteiger partial charge in [0.1, 0.15) is 11.3 Å². The monoisotopic (exact) mass is 260 g/mol. The summed E-state index contributed by atoms with van der Waals surface area (Å²) in [7, 11) is 0. The van der Waals surface area contributed by atoms with E-state index in [2.05, 4.69) is 5.10 Å². The third kappa shape index (κ3) is 2.65. The summed E-state index contributed by atoms with van der Waals surface area (Å²) in [5.74, 6) is 0. The number of ether oxygens (including phenoxy) is 1. The van der Waals surface area contributed by atoms with Crippen LogP contribution in [0.25, 0.3) is 10.9 Å². The molecule has 0 saturated carbocycles. The molecule has 0 radical (unpaired) electrons. The Hall–Kier alpha value is -2.17. The van der Waals surface area contributed by atoms with Gasteiger partial charge in [-0.05, 0) is 39.8 Å². The SMILES string of the molecule is Cc1ccc2c(c1)c(C=O)nn2C(=O)OC(C)(C)C. The summed E-state index contributed by atoms with van der Waals surface area (Å²) in [6.45, 7) is 7.25. The van der Waals surface area contributed by atoms with Crippen LogP contribution in [-0.2, 0) is 4.74 Å². The van der Waals surface area contributed by atoms with E-state index in [4.69, 9.17) is 4.74 Å². The lowest BCUT2D eigenvalue weighted by Gasteiger charge is -2.19. The third-order valence-corrected chi connectivity index (χ3v) is 2.54. The Morgan fingerprint density at radius 2 is 2.05 bits per heavy atom. The molecule has 0 bridgehead atoms. The van der Waals surface area contributed by atoms with Crippen LogP contribution in [0.5, 0.6) is 0 Å². The summed E-state index contributed by atoms with van der Waals surface area (Å²) in [6, 6.07) is 5.45. The molecule has 2 aromatic rings. The molecule has 0 aliphatic carbocycles. The van der Waals surface area contributed by atoms with Gasteiger partial charge in [-0.1, -0.05) is 11.6 Å². The van der Waals surface area contributed by atoms with E-state index >= 15 is 0 Å². The fraction of sp³-hybridized carbons (Fsp3) is 0.357. The van der Waals surface area contributed by atoms with Crippen LogP contribution in [0.2, 0.25) is 0 Å². The number of aldehydes is 1. The molecule has 19 heavy (non-hydrogen) atoms. The summed E-state index contributed by atoms with van der Waals surface area (Å²) < 4.78 is 6.39. The van der Waals surface area contributed by atoms with E-state index in [-0.39, 0.29) is 5.69 Å². The number of hydrogen-bond donors (Lipinski definition) is 0. The Kier molecular flexibility index (Phi) is 3.14. The van der Waals surface area contributed by atoms with Gasteiger partial charge in [-0.3, -0.25) is 4.79 Å². The van der Waals surface area contributed by atoms with Crippen LogP contribution in [-0.4, -0.2) is 27.8 Å². The zero-order chi connectivity index (χ0) is 14.2. The van der Waals surface area contributed by atoms with Gasteiger partial charge in [0.25, 0.3) is 0 Å². The minimum absolute atomic E-state index is 0.240. The quantitative estimate of drug-likeness (QED) is 0.739. The maximum Gasteiger partial charge on any atom is 0.435 e. The summed E-state index contributed by atoms with van der Waals surface area (Å²) >= 11 is 0. The Balaban J connectivity index is 2.55. The first kappa shape index (κ1) is 13.3. The first-order valence-corrected chi connectivity index (χ1v) is 6.00. The van der Waals surface area contributed by atoms with Crippen LogP contribution in [0.4, 0.5) is 4.79 Å². The smallest absolute Gasteiger partial charge is 0.435 e. The van der Waals surface area contributed by atoms with Crippen molar-refractivity contribution in [3.8, 4) is 0 Å². The molecule has 0 N–H and O–H groups in total. The van der Waals surface area contributed by atoms with Crippen molar-refractivity contribution in [3.63, 3.8) is 0 Å². The van der Waals surface area contributed by atoms with Gasteiger partial charge in [0.2, 0.25) is 0 Å². The van der Waals surface area contributed by atoms with Crippen molar-refractivity contribution < 1.29 is 14.3 Å². The molecule has 2 rings (SSSR count). The predicted molar refractivity (Wildman–Crippen MR) is 71.5 cm³/mol. The maximum absolute atomic E-state index is 12.1. The van der Waals surface area contributed by atoms with Crippen molar-refractivity contribution in [2.75, 3.05) is 0 Å². The molecule has 5 heteroatoms. The zero-order valence-electron chi connectivity index (χ0n) is 11.4. The molecule has 100 valence electrons. The summed E-state index contributed by atoms with van der Waals surface area (Å²) in [5, 5.41) is 4.66. The van der Waals surface area contributed by atoms with Crippen LogP contribution in [0.3, 0.4) is 0 Å². The van der Waals surface area contributed by atoms with Gasteiger partial charge < -0.3 is 4.74 Å². The Morgan fingerprint density at radius 3 is 2.63 bits per heavy atom. The van der Waals surface area contributed by atoms with Crippen molar-refractivity contribution in [2.24, 2.45) is 0 Å². The van der Waals surface area contributed by atoms with Crippen LogP contribution >= 0.6 is 0 Å². The van der Waals surface area contributed by atoms with Crippen LogP contribution in [0.1, 0.15) is 36.8 Å². The molecule has 0 unspecified atom stereocenters. The molecule has 0 saturated heterocycles. The van der Waals surface area contributed by atoms with E-state index in [0.717, 1.165) is 10.2 Å². The number of carbonyl (C=O) groups excluding carboxylic acids is 2. The average molecular weight is 260 g/mol. The van der Waals surface area contributed by atoms with Crippen molar-refractivity contribution >= 4 is 23.3 Å². The van der Waals surface area contributed by atoms with Crippen LogP contribution < -0.4 is 0 Å². The van der Waals surface area contributed by atoms with E-state index in [0.29, 0.717) is 17.2 Å². The molecule has 0 spiro atoms. The topological polar surface area (TPSA) is 61.2 Å². The first-order chi connectivity index (χ1) is 8.81. The van der Waals surface area contributed by atoms with Gasteiger partial charge in [-0.25, -0.2) is 4.79 Å². The molecule has 1 aromatic heterocycles. The molecular weight excluding hydrogens is 244 g/mol. The third-order valence-electron chi connectivity index (χ3n) is 2.54. The second kappa shape index (κ2) is 4.50. The Labute approximate surface area is 111 Å². The molecule has 5 nitrogen and oxygen atoms in total. The Morgan fingerprint density at radius 1 is 1.37 bits per heavy atom. The molecule has 0 fully saturated rings. The lowest BCUT2D eigenvalue weighted by molar-refractivity contribution is 0.0522. The summed E-state index contributed by atoms with van der Waals surface area (Å²) in [6.07, 6.45) is 0.0530. The fourth-order valence-electron chi connectivity index (χ4n) is 1.79. The standard InChI is InChI=1S/C14H16N2O3/c1-9-5-6-12-10(7-9)11(8-17)15-16(12)13(18)19-14(2,3)4/h5-8H,1-4H3. The van der Waals surface area contributed by atoms with Gasteiger partial charge in [0.05, 0.1) is 5.52 Å². The van der Waals surface area contributed by atoms with Gasteiger partial charge >= 0.3 is 6.09 Å². The summed E-state index contributed by atoms with van der Waals surface area (Å²) in [4.78, 5) is 23.1. The van der Waals surface area contributed by atoms with Gasteiger partial charge in [0, 0.05) is 5.39 Å². The lowest BCUT2D eigenvalue weighted by Crippen LogP contribution is -2.27. The summed E-state index contributed by atoms with van der Waals surface area (Å²) in [5.41, 5.74) is 1.20. The van der Waals surface area contributed by atoms with Gasteiger partial charge in [-0.2, -0.15) is 9.78 Å². The largest absolute Gasteiger partial charge is 0.442 e. The fourth-order valence-corrected chi connectivity index (χ4v) is 1.79. The highest BCUT2D eigenvalue weighted by molar-refractivity contribution is 5.98. The van der Waals surface area contributed by atoms with Gasteiger partial charge in [0.15, 0.2) is 6.29 Å². The second-order valence-electron chi connectivity index (χ2n) is 5.42. The van der Waals surface area contributed by atoms with Gasteiger partial charge in [-0.15, -0.1) is 0 Å². The highest BCUT2D eigenvalue weighted by Gasteiger charge is 2.21. The highest BCUT2D eigenvalue weighted by atomic mass is 16.6. The average Bonchev–Trinajstić information content (AvgIpc) is 2.64. The number of aryl methyl sites for hydroxylation is 1. The zero-order valence-corrected chi connectivity index (χ0v) is 11.4.